The summed E-state index contributed by atoms with van der Waals surface area (Å²) in [4.78, 5) is 14.1. The fourth-order valence-electron chi connectivity index (χ4n) is 2.44. The molecule has 2 N–H and O–H groups in total. The largest absolute Gasteiger partial charge is 0.341 e. The summed E-state index contributed by atoms with van der Waals surface area (Å²) >= 11 is 0. The van der Waals surface area contributed by atoms with Crippen LogP contribution < -0.4 is 5.73 Å². The summed E-state index contributed by atoms with van der Waals surface area (Å²) in [6, 6.07) is 2.12. The normalized spacial score (nSPS) is 12.5. The second-order valence-electron chi connectivity index (χ2n) is 6.26. The first-order valence-electron chi connectivity index (χ1n) is 7.77. The van der Waals surface area contributed by atoms with Gasteiger partial charge in [0.25, 0.3) is 0 Å². The molecule has 0 spiro atoms. The Morgan fingerprint density at radius 2 is 1.90 bits per heavy atom. The molecule has 1 atom stereocenters. The fourth-order valence-corrected chi connectivity index (χ4v) is 2.44. The van der Waals surface area contributed by atoms with Gasteiger partial charge < -0.3 is 10.6 Å². The number of rotatable bonds is 10. The summed E-state index contributed by atoms with van der Waals surface area (Å²) in [5, 5.41) is 8.69. The van der Waals surface area contributed by atoms with Gasteiger partial charge in [-0.3, -0.25) is 4.79 Å². The Bertz CT molecular complexity index is 307. The molecule has 4 nitrogen and oxygen atoms in total. The molecule has 0 aromatic heterocycles. The molecular weight excluding hydrogens is 250 g/mol. The molecule has 0 aromatic carbocycles. The molecule has 0 aliphatic rings. The third-order valence-corrected chi connectivity index (χ3v) is 3.64. The minimum atomic E-state index is 0.177. The lowest BCUT2D eigenvalue weighted by Gasteiger charge is -2.26. The maximum absolute atomic E-state index is 12.3. The van der Waals surface area contributed by atoms with Crippen LogP contribution in [0.3, 0.4) is 0 Å². The van der Waals surface area contributed by atoms with Crippen LogP contribution in [0.15, 0.2) is 0 Å². The van der Waals surface area contributed by atoms with Gasteiger partial charge in [0.2, 0.25) is 5.91 Å². The predicted molar refractivity (Wildman–Crippen MR) is 82.9 cm³/mol. The highest BCUT2D eigenvalue weighted by atomic mass is 16.2. The zero-order valence-corrected chi connectivity index (χ0v) is 13.6. The molecule has 1 amide bonds. The van der Waals surface area contributed by atoms with Crippen LogP contribution in [-0.2, 0) is 4.79 Å². The number of hydrogen-bond donors (Lipinski definition) is 1. The van der Waals surface area contributed by atoms with Crippen LogP contribution in [0.4, 0.5) is 0 Å². The Kier molecular flexibility index (Phi) is 10.1. The van der Waals surface area contributed by atoms with Crippen LogP contribution in [0.1, 0.15) is 53.4 Å². The highest BCUT2D eigenvalue weighted by Crippen LogP contribution is 2.21. The number of nitriles is 1. The van der Waals surface area contributed by atoms with Gasteiger partial charge in [0, 0.05) is 19.5 Å². The first kappa shape index (κ1) is 18.9. The summed E-state index contributed by atoms with van der Waals surface area (Å²) < 4.78 is 0. The maximum atomic E-state index is 12.3. The van der Waals surface area contributed by atoms with Crippen molar-refractivity contribution in [3.63, 3.8) is 0 Å². The van der Waals surface area contributed by atoms with E-state index in [1.807, 2.05) is 4.90 Å². The molecule has 0 aliphatic heterocycles. The average molecular weight is 281 g/mol. The smallest absolute Gasteiger partial charge is 0.222 e. The zero-order chi connectivity index (χ0) is 15.5. The van der Waals surface area contributed by atoms with Crippen molar-refractivity contribution >= 4 is 5.91 Å². The van der Waals surface area contributed by atoms with Gasteiger partial charge in [0.1, 0.15) is 0 Å². The summed E-state index contributed by atoms with van der Waals surface area (Å²) in [6.45, 7) is 10.5. The zero-order valence-electron chi connectivity index (χ0n) is 13.6. The summed E-state index contributed by atoms with van der Waals surface area (Å²) in [7, 11) is 0. The van der Waals surface area contributed by atoms with E-state index in [0.717, 1.165) is 19.4 Å². The van der Waals surface area contributed by atoms with E-state index in [4.69, 9.17) is 11.0 Å². The van der Waals surface area contributed by atoms with Crippen molar-refractivity contribution in [1.82, 2.24) is 4.90 Å². The predicted octanol–water partition coefficient (Wildman–Crippen LogP) is 2.79. The standard InChI is InChI=1S/C16H31N3O/c1-13(2)12-19(11-5-9-17)16(20)7-6-15(8-10-18)14(3)4/h13-15H,5-8,10-12,18H2,1-4H3. The van der Waals surface area contributed by atoms with E-state index in [0.29, 0.717) is 43.7 Å². The van der Waals surface area contributed by atoms with Crippen molar-refractivity contribution in [1.29, 1.82) is 5.26 Å². The van der Waals surface area contributed by atoms with Crippen LogP contribution >= 0.6 is 0 Å². The average Bonchev–Trinajstić information content (AvgIpc) is 2.38. The number of nitrogens with two attached hydrogens (primary N) is 1. The second-order valence-corrected chi connectivity index (χ2v) is 6.26. The van der Waals surface area contributed by atoms with Gasteiger partial charge in [-0.05, 0) is 37.1 Å². The molecule has 116 valence electrons. The van der Waals surface area contributed by atoms with E-state index >= 15 is 0 Å². The van der Waals surface area contributed by atoms with E-state index in [1.54, 1.807) is 0 Å². The minimum Gasteiger partial charge on any atom is -0.341 e. The highest BCUT2D eigenvalue weighted by molar-refractivity contribution is 5.76. The molecule has 1 unspecified atom stereocenters. The summed E-state index contributed by atoms with van der Waals surface area (Å²) in [6.07, 6.45) is 2.86. The lowest BCUT2D eigenvalue weighted by Crippen LogP contribution is -2.35. The topological polar surface area (TPSA) is 70.1 Å². The Labute approximate surface area is 124 Å². The molecule has 0 aliphatic carbocycles. The third-order valence-electron chi connectivity index (χ3n) is 3.64. The van der Waals surface area contributed by atoms with E-state index in [9.17, 15) is 4.79 Å². The highest BCUT2D eigenvalue weighted by Gasteiger charge is 2.18. The quantitative estimate of drug-likeness (QED) is 0.669. The minimum absolute atomic E-state index is 0.177. The Hall–Kier alpha value is -1.08. The maximum Gasteiger partial charge on any atom is 0.222 e. The molecule has 0 rings (SSSR count). The number of hydrogen-bond acceptors (Lipinski definition) is 3. The van der Waals surface area contributed by atoms with Crippen LogP contribution in [0.25, 0.3) is 0 Å². The second kappa shape index (κ2) is 10.7. The van der Waals surface area contributed by atoms with Crippen LogP contribution in [-0.4, -0.2) is 30.4 Å². The fraction of sp³-hybridized carbons (Fsp3) is 0.875. The molecule has 0 saturated carbocycles. The Morgan fingerprint density at radius 1 is 1.25 bits per heavy atom. The molecule has 4 heteroatoms. The monoisotopic (exact) mass is 281 g/mol. The molecule has 0 heterocycles. The van der Waals surface area contributed by atoms with E-state index in [-0.39, 0.29) is 5.91 Å². The molecule has 0 aromatic rings. The number of carbonyl (C=O) groups is 1. The molecule has 0 fully saturated rings. The third kappa shape index (κ3) is 8.16. The lowest BCUT2D eigenvalue weighted by atomic mass is 9.88. The van der Waals surface area contributed by atoms with Gasteiger partial charge in [-0.1, -0.05) is 27.7 Å². The van der Waals surface area contributed by atoms with Crippen molar-refractivity contribution in [2.45, 2.75) is 53.4 Å². The van der Waals surface area contributed by atoms with Gasteiger partial charge in [0.15, 0.2) is 0 Å². The summed E-state index contributed by atoms with van der Waals surface area (Å²) in [5.74, 6) is 1.68. The first-order chi connectivity index (χ1) is 9.42. The lowest BCUT2D eigenvalue weighted by molar-refractivity contribution is -0.132. The molecular formula is C16H31N3O. The van der Waals surface area contributed by atoms with Crippen molar-refractivity contribution in [3.05, 3.63) is 0 Å². The molecule has 0 saturated heterocycles. The van der Waals surface area contributed by atoms with Crippen molar-refractivity contribution in [3.8, 4) is 6.07 Å². The first-order valence-corrected chi connectivity index (χ1v) is 7.77. The SMILES string of the molecule is CC(C)CN(CCC#N)C(=O)CCC(CCN)C(C)C. The molecule has 0 bridgehead atoms. The van der Waals surface area contributed by atoms with Gasteiger partial charge >= 0.3 is 0 Å². The van der Waals surface area contributed by atoms with Crippen LogP contribution in [0.2, 0.25) is 0 Å². The van der Waals surface area contributed by atoms with E-state index in [2.05, 4.69) is 33.8 Å². The van der Waals surface area contributed by atoms with Crippen molar-refractivity contribution in [2.75, 3.05) is 19.6 Å². The van der Waals surface area contributed by atoms with E-state index in [1.165, 1.54) is 0 Å². The number of carbonyl (C=O) groups excluding carboxylic acids is 1. The Balaban J connectivity index is 4.39. The number of amides is 1. The van der Waals surface area contributed by atoms with E-state index < -0.39 is 0 Å². The van der Waals surface area contributed by atoms with Gasteiger partial charge in [-0.2, -0.15) is 5.26 Å². The van der Waals surface area contributed by atoms with Gasteiger partial charge in [-0.25, -0.2) is 0 Å². The molecule has 0 radical (unpaired) electrons. The van der Waals surface area contributed by atoms with Crippen molar-refractivity contribution in [2.24, 2.45) is 23.5 Å². The number of nitrogens with zero attached hydrogens (tertiary/aromatic N) is 2. The van der Waals surface area contributed by atoms with Gasteiger partial charge in [0.05, 0.1) is 12.5 Å². The Morgan fingerprint density at radius 3 is 2.35 bits per heavy atom. The van der Waals surface area contributed by atoms with Crippen LogP contribution in [0.5, 0.6) is 0 Å². The summed E-state index contributed by atoms with van der Waals surface area (Å²) in [5.41, 5.74) is 5.63. The van der Waals surface area contributed by atoms with Gasteiger partial charge in [-0.15, -0.1) is 0 Å². The molecule has 20 heavy (non-hydrogen) atoms. The van der Waals surface area contributed by atoms with Crippen LogP contribution in [0, 0.1) is 29.1 Å². The van der Waals surface area contributed by atoms with Crippen molar-refractivity contribution < 1.29 is 4.79 Å².